The van der Waals surface area contributed by atoms with E-state index in [2.05, 4.69) is 83.6 Å². The summed E-state index contributed by atoms with van der Waals surface area (Å²) in [7, 11) is -3.28. The number of sulfone groups is 1. The Hall–Kier alpha value is -3.97. The molecule has 4 aromatic rings. The molecule has 4 aromatic carbocycles. The van der Waals surface area contributed by atoms with Gasteiger partial charge in [-0.2, -0.15) is 0 Å². The molecule has 7 heteroatoms. The van der Waals surface area contributed by atoms with Gasteiger partial charge >= 0.3 is 0 Å². The molecule has 0 aliphatic carbocycles. The first-order chi connectivity index (χ1) is 23.8. The van der Waals surface area contributed by atoms with Gasteiger partial charge in [-0.25, -0.2) is 8.42 Å². The number of hydrogen-bond donors (Lipinski definition) is 4. The van der Waals surface area contributed by atoms with E-state index in [-0.39, 0.29) is 11.5 Å². The van der Waals surface area contributed by atoms with Gasteiger partial charge in [0.15, 0.2) is 0 Å². The van der Waals surface area contributed by atoms with Crippen LogP contribution in [0, 0.1) is 0 Å². The molecular formula is C42H58N4O2S. The van der Waals surface area contributed by atoms with Crippen molar-refractivity contribution in [2.75, 3.05) is 32.8 Å². The number of nitrogens with one attached hydrogen (secondary N) is 4. The van der Waals surface area contributed by atoms with Crippen molar-refractivity contribution in [1.82, 2.24) is 0 Å². The lowest BCUT2D eigenvalue weighted by Crippen LogP contribution is -2.47. The van der Waals surface area contributed by atoms with E-state index < -0.39 is 21.2 Å². The van der Waals surface area contributed by atoms with Crippen molar-refractivity contribution < 1.29 is 8.42 Å². The van der Waals surface area contributed by atoms with E-state index in [1.807, 2.05) is 72.8 Å². The van der Waals surface area contributed by atoms with Crippen molar-refractivity contribution in [3.05, 3.63) is 121 Å². The van der Waals surface area contributed by atoms with Gasteiger partial charge in [0.1, 0.15) is 21.2 Å². The van der Waals surface area contributed by atoms with Crippen molar-refractivity contribution in [3.8, 4) is 0 Å². The minimum Gasteiger partial charge on any atom is -0.363 e. The SMILES string of the molecule is CCCCCC(CCCS(=O)(=O)CCCC(CCCCC)(Nc1ccccc1)Nc1ccccc1)(Nc1ccccc1)Nc1ccccc1. The van der Waals surface area contributed by atoms with Crippen LogP contribution in [0.25, 0.3) is 0 Å². The van der Waals surface area contributed by atoms with Crippen LogP contribution in [0.3, 0.4) is 0 Å². The van der Waals surface area contributed by atoms with Crippen LogP contribution in [0.15, 0.2) is 121 Å². The van der Waals surface area contributed by atoms with Crippen LogP contribution in [-0.4, -0.2) is 31.2 Å². The second-order valence-corrected chi connectivity index (χ2v) is 15.7. The first-order valence-corrected chi connectivity index (χ1v) is 20.2. The standard InChI is InChI=1S/C42H58N4O2S/c1-3-5-19-31-41(43-37-23-11-7-12-24-37,44-38-25-13-8-14-26-38)33-21-35-49(47,48)36-22-34-42(32-20-6-4-2,45-39-27-15-9-16-28-39)46-40-29-17-10-18-30-40/h7-18,23-30,43-46H,3-6,19-22,31-36H2,1-2H3. The zero-order valence-electron chi connectivity index (χ0n) is 29.7. The fourth-order valence-corrected chi connectivity index (χ4v) is 8.02. The normalized spacial score (nSPS) is 12.0. The average molecular weight is 683 g/mol. The number of unbranched alkanes of at least 4 members (excludes halogenated alkanes) is 4. The van der Waals surface area contributed by atoms with E-state index in [0.717, 1.165) is 74.1 Å². The predicted molar refractivity (Wildman–Crippen MR) is 211 cm³/mol. The lowest BCUT2D eigenvalue weighted by Gasteiger charge is -2.38. The fraction of sp³-hybridized carbons (Fsp3) is 0.429. The fourth-order valence-electron chi connectivity index (χ4n) is 6.65. The Bertz CT molecular complexity index is 1360. The molecule has 0 bridgehead atoms. The smallest absolute Gasteiger partial charge is 0.150 e. The van der Waals surface area contributed by atoms with Gasteiger partial charge in [-0.15, -0.1) is 0 Å². The second-order valence-electron chi connectivity index (χ2n) is 13.4. The Kier molecular flexibility index (Phi) is 15.4. The Labute approximate surface area is 296 Å². The molecule has 0 radical (unpaired) electrons. The second kappa shape index (κ2) is 19.9. The number of para-hydroxylation sites is 4. The van der Waals surface area contributed by atoms with Crippen LogP contribution in [0.1, 0.15) is 90.9 Å². The van der Waals surface area contributed by atoms with Gasteiger partial charge in [-0.1, -0.05) is 112 Å². The minimum atomic E-state index is -3.28. The third-order valence-electron chi connectivity index (χ3n) is 9.16. The average Bonchev–Trinajstić information content (AvgIpc) is 3.10. The quantitative estimate of drug-likeness (QED) is 0.0435. The van der Waals surface area contributed by atoms with Gasteiger partial charge < -0.3 is 21.3 Å². The van der Waals surface area contributed by atoms with E-state index in [9.17, 15) is 8.42 Å². The van der Waals surface area contributed by atoms with Crippen molar-refractivity contribution in [2.24, 2.45) is 0 Å². The summed E-state index contributed by atoms with van der Waals surface area (Å²) in [4.78, 5) is 0. The zero-order valence-corrected chi connectivity index (χ0v) is 30.5. The molecule has 0 heterocycles. The van der Waals surface area contributed by atoms with Crippen LogP contribution in [0.4, 0.5) is 22.7 Å². The van der Waals surface area contributed by atoms with E-state index in [1.54, 1.807) is 0 Å². The molecular weight excluding hydrogens is 625 g/mol. The molecule has 4 rings (SSSR count). The molecule has 6 nitrogen and oxygen atoms in total. The molecule has 0 atom stereocenters. The van der Waals surface area contributed by atoms with Crippen molar-refractivity contribution in [1.29, 1.82) is 0 Å². The molecule has 0 unspecified atom stereocenters. The van der Waals surface area contributed by atoms with Gasteiger partial charge in [0.25, 0.3) is 0 Å². The molecule has 49 heavy (non-hydrogen) atoms. The highest BCUT2D eigenvalue weighted by atomic mass is 32.2. The molecule has 0 fully saturated rings. The minimum absolute atomic E-state index is 0.163. The Balaban J connectivity index is 1.47. The number of benzene rings is 4. The van der Waals surface area contributed by atoms with E-state index in [0.29, 0.717) is 25.7 Å². The van der Waals surface area contributed by atoms with Gasteiger partial charge in [-0.05, 0) is 99.9 Å². The van der Waals surface area contributed by atoms with Gasteiger partial charge in [0, 0.05) is 22.7 Å². The lowest BCUT2D eigenvalue weighted by molar-refractivity contribution is 0.421. The summed E-state index contributed by atoms with van der Waals surface area (Å²) in [6.45, 7) is 4.43. The molecule has 264 valence electrons. The van der Waals surface area contributed by atoms with Gasteiger partial charge in [-0.3, -0.25) is 0 Å². The highest BCUT2D eigenvalue weighted by molar-refractivity contribution is 7.91. The van der Waals surface area contributed by atoms with E-state index >= 15 is 0 Å². The van der Waals surface area contributed by atoms with E-state index in [4.69, 9.17) is 0 Å². The molecule has 4 N–H and O–H groups in total. The van der Waals surface area contributed by atoms with Crippen LogP contribution < -0.4 is 21.3 Å². The maximum Gasteiger partial charge on any atom is 0.150 e. The summed E-state index contributed by atoms with van der Waals surface area (Å²) in [6.07, 6.45) is 10.9. The molecule has 0 aromatic heterocycles. The van der Waals surface area contributed by atoms with Crippen molar-refractivity contribution in [2.45, 2.75) is 102 Å². The first kappa shape index (κ1) is 37.8. The third-order valence-corrected chi connectivity index (χ3v) is 11.0. The van der Waals surface area contributed by atoms with Gasteiger partial charge in [0.2, 0.25) is 0 Å². The molecule has 0 saturated carbocycles. The van der Waals surface area contributed by atoms with Crippen LogP contribution >= 0.6 is 0 Å². The van der Waals surface area contributed by atoms with Crippen LogP contribution in [-0.2, 0) is 9.84 Å². The predicted octanol–water partition coefficient (Wildman–Crippen LogP) is 11.0. The highest BCUT2D eigenvalue weighted by Crippen LogP contribution is 2.31. The Morgan fingerprint density at radius 2 is 0.673 bits per heavy atom. The largest absolute Gasteiger partial charge is 0.363 e. The van der Waals surface area contributed by atoms with E-state index in [1.165, 1.54) is 0 Å². The monoisotopic (exact) mass is 682 g/mol. The van der Waals surface area contributed by atoms with Crippen molar-refractivity contribution >= 4 is 32.6 Å². The third kappa shape index (κ3) is 13.5. The molecule has 0 aliphatic rings. The topological polar surface area (TPSA) is 82.3 Å². The molecule has 0 spiro atoms. The first-order valence-electron chi connectivity index (χ1n) is 18.4. The zero-order chi connectivity index (χ0) is 34.7. The summed E-state index contributed by atoms with van der Waals surface area (Å²) in [5, 5.41) is 15.2. The molecule has 0 saturated heterocycles. The molecule has 0 aliphatic heterocycles. The summed E-state index contributed by atoms with van der Waals surface area (Å²) in [5.74, 6) is 0.326. The summed E-state index contributed by atoms with van der Waals surface area (Å²) >= 11 is 0. The highest BCUT2D eigenvalue weighted by Gasteiger charge is 2.32. The maximum atomic E-state index is 13.7. The van der Waals surface area contributed by atoms with Crippen LogP contribution in [0.5, 0.6) is 0 Å². The lowest BCUT2D eigenvalue weighted by atomic mass is 9.95. The van der Waals surface area contributed by atoms with Crippen molar-refractivity contribution in [3.63, 3.8) is 0 Å². The molecule has 0 amide bonds. The van der Waals surface area contributed by atoms with Crippen LogP contribution in [0.2, 0.25) is 0 Å². The Morgan fingerprint density at radius 3 is 0.939 bits per heavy atom. The summed E-state index contributed by atoms with van der Waals surface area (Å²) in [6, 6.07) is 41.0. The number of hydrogen-bond acceptors (Lipinski definition) is 6. The van der Waals surface area contributed by atoms with Gasteiger partial charge in [0.05, 0.1) is 11.5 Å². The number of rotatable bonds is 24. The summed E-state index contributed by atoms with van der Waals surface area (Å²) in [5.41, 5.74) is 3.17. The maximum absolute atomic E-state index is 13.7. The Morgan fingerprint density at radius 1 is 0.408 bits per heavy atom. The number of anilines is 4. The summed E-state index contributed by atoms with van der Waals surface area (Å²) < 4.78 is 27.3.